The van der Waals surface area contributed by atoms with Gasteiger partial charge in [0.05, 0.1) is 17.1 Å². The van der Waals surface area contributed by atoms with Gasteiger partial charge in [-0.05, 0) is 36.8 Å². The first-order valence-electron chi connectivity index (χ1n) is 9.06. The number of imide groups is 1. The predicted octanol–water partition coefficient (Wildman–Crippen LogP) is 1.43. The molecule has 2 aliphatic heterocycles. The van der Waals surface area contributed by atoms with Gasteiger partial charge in [-0.15, -0.1) is 0 Å². The fourth-order valence-corrected chi connectivity index (χ4v) is 4.11. The van der Waals surface area contributed by atoms with E-state index in [0.29, 0.717) is 18.8 Å². The van der Waals surface area contributed by atoms with E-state index < -0.39 is 0 Å². The highest BCUT2D eigenvalue weighted by molar-refractivity contribution is 6.02. The molecular formula is C19H22N4O3. The number of nitrogens with one attached hydrogen (secondary N) is 1. The second kappa shape index (κ2) is 6.55. The van der Waals surface area contributed by atoms with Crippen molar-refractivity contribution in [2.75, 3.05) is 13.1 Å². The molecule has 136 valence electrons. The molecule has 0 saturated carbocycles. The summed E-state index contributed by atoms with van der Waals surface area (Å²) in [5.41, 5.74) is 3.00. The Bertz CT molecular complexity index is 880. The lowest BCUT2D eigenvalue weighted by atomic mass is 9.88. The molecule has 2 fully saturated rings. The highest BCUT2D eigenvalue weighted by Crippen LogP contribution is 2.34. The summed E-state index contributed by atoms with van der Waals surface area (Å²) in [6.07, 6.45) is 3.70. The molecule has 0 aliphatic carbocycles. The molecule has 1 N–H and O–H groups in total. The Morgan fingerprint density at radius 1 is 1.19 bits per heavy atom. The van der Waals surface area contributed by atoms with Gasteiger partial charge in [0.1, 0.15) is 0 Å². The topological polar surface area (TPSA) is 84.3 Å². The highest BCUT2D eigenvalue weighted by atomic mass is 16.2. The quantitative estimate of drug-likeness (QED) is 0.667. The van der Waals surface area contributed by atoms with Crippen molar-refractivity contribution < 1.29 is 14.4 Å². The number of fused-ring (bicyclic) bond motifs is 1. The van der Waals surface area contributed by atoms with Crippen LogP contribution in [0.3, 0.4) is 0 Å². The highest BCUT2D eigenvalue weighted by Gasteiger charge is 2.31. The maximum absolute atomic E-state index is 12.2. The number of hydrogen-bond donors (Lipinski definition) is 1. The Morgan fingerprint density at radius 3 is 2.65 bits per heavy atom. The van der Waals surface area contributed by atoms with Crippen LogP contribution in [0, 0.1) is 0 Å². The van der Waals surface area contributed by atoms with Crippen LogP contribution in [-0.2, 0) is 21.4 Å². The summed E-state index contributed by atoms with van der Waals surface area (Å²) < 4.78 is 1.82. The Morgan fingerprint density at radius 2 is 1.96 bits per heavy atom. The van der Waals surface area contributed by atoms with E-state index in [4.69, 9.17) is 0 Å². The largest absolute Gasteiger partial charge is 0.345 e. The molecule has 0 radical (unpaired) electrons. The van der Waals surface area contributed by atoms with Crippen molar-refractivity contribution in [2.45, 2.75) is 37.5 Å². The van der Waals surface area contributed by atoms with Crippen LogP contribution in [-0.4, -0.2) is 46.0 Å². The zero-order valence-electron chi connectivity index (χ0n) is 14.8. The third-order valence-corrected chi connectivity index (χ3v) is 5.62. The molecule has 1 unspecified atom stereocenters. The molecule has 2 aromatic rings. The van der Waals surface area contributed by atoms with Gasteiger partial charge in [-0.2, -0.15) is 5.10 Å². The summed E-state index contributed by atoms with van der Waals surface area (Å²) in [6.45, 7) is 1.58. The maximum Gasteiger partial charge on any atom is 0.235 e. The molecule has 1 atom stereocenters. The Balaban J connectivity index is 1.64. The molecule has 26 heavy (non-hydrogen) atoms. The van der Waals surface area contributed by atoms with Crippen molar-refractivity contribution in [3.05, 3.63) is 29.5 Å². The fraction of sp³-hybridized carbons (Fsp3) is 0.474. The third kappa shape index (κ3) is 2.87. The summed E-state index contributed by atoms with van der Waals surface area (Å²) in [5.74, 6) is -0.412. The van der Waals surface area contributed by atoms with Gasteiger partial charge >= 0.3 is 0 Å². The van der Waals surface area contributed by atoms with Crippen molar-refractivity contribution in [3.63, 3.8) is 0 Å². The van der Waals surface area contributed by atoms with E-state index in [1.807, 2.05) is 22.7 Å². The van der Waals surface area contributed by atoms with Gasteiger partial charge < -0.3 is 4.90 Å². The Kier molecular flexibility index (Phi) is 4.22. The van der Waals surface area contributed by atoms with E-state index in [-0.39, 0.29) is 17.7 Å². The van der Waals surface area contributed by atoms with Crippen molar-refractivity contribution in [1.29, 1.82) is 0 Å². The summed E-state index contributed by atoms with van der Waals surface area (Å²) in [6, 6.07) is 6.31. The molecule has 0 bridgehead atoms. The Hall–Kier alpha value is -2.70. The lowest BCUT2D eigenvalue weighted by Crippen LogP contribution is -2.39. The number of benzene rings is 1. The molecule has 1 aromatic carbocycles. The molecule has 7 nitrogen and oxygen atoms in total. The lowest BCUT2D eigenvalue weighted by molar-refractivity contribution is -0.134. The van der Waals surface area contributed by atoms with Gasteiger partial charge in [0.15, 0.2) is 0 Å². The van der Waals surface area contributed by atoms with Crippen LogP contribution in [0.4, 0.5) is 0 Å². The molecule has 2 saturated heterocycles. The van der Waals surface area contributed by atoms with Crippen molar-refractivity contribution in [1.82, 2.24) is 20.0 Å². The van der Waals surface area contributed by atoms with Gasteiger partial charge in [-0.3, -0.25) is 24.4 Å². The van der Waals surface area contributed by atoms with E-state index in [2.05, 4.69) is 22.5 Å². The smallest absolute Gasteiger partial charge is 0.235 e. The minimum Gasteiger partial charge on any atom is -0.345 e. The minimum absolute atomic E-state index is 0.213. The molecule has 3 amide bonds. The molecule has 3 heterocycles. The average molecular weight is 354 g/mol. The first kappa shape index (κ1) is 16.8. The fourth-order valence-electron chi connectivity index (χ4n) is 4.11. The summed E-state index contributed by atoms with van der Waals surface area (Å²) in [7, 11) is 1.89. The van der Waals surface area contributed by atoms with E-state index in [9.17, 15) is 14.4 Å². The average Bonchev–Trinajstić information content (AvgIpc) is 2.98. The zero-order chi connectivity index (χ0) is 18.3. The van der Waals surface area contributed by atoms with Gasteiger partial charge in [-0.25, -0.2) is 0 Å². The summed E-state index contributed by atoms with van der Waals surface area (Å²) in [4.78, 5) is 36.3. The summed E-state index contributed by atoms with van der Waals surface area (Å²) >= 11 is 0. The van der Waals surface area contributed by atoms with Gasteiger partial charge in [-0.1, -0.05) is 12.1 Å². The number of piperidine rings is 2. The van der Waals surface area contributed by atoms with Crippen LogP contribution in [0.15, 0.2) is 18.2 Å². The van der Waals surface area contributed by atoms with E-state index in [0.717, 1.165) is 48.9 Å². The van der Waals surface area contributed by atoms with Crippen LogP contribution < -0.4 is 5.32 Å². The number of aromatic nitrogens is 2. The van der Waals surface area contributed by atoms with Gasteiger partial charge in [0, 0.05) is 31.9 Å². The normalized spacial score (nSPS) is 21.9. The van der Waals surface area contributed by atoms with Crippen LogP contribution in [0.5, 0.6) is 0 Å². The third-order valence-electron chi connectivity index (χ3n) is 5.62. The SMILES string of the molecule is Cn1nc(C2CCC(=O)NC2=O)c2ccc(C3CCN(C=O)CC3)cc21. The zero-order valence-corrected chi connectivity index (χ0v) is 14.8. The van der Waals surface area contributed by atoms with E-state index >= 15 is 0 Å². The molecule has 0 spiro atoms. The van der Waals surface area contributed by atoms with Crippen molar-refractivity contribution in [3.8, 4) is 0 Å². The Labute approximate surface area is 151 Å². The summed E-state index contributed by atoms with van der Waals surface area (Å²) in [5, 5.41) is 7.97. The van der Waals surface area contributed by atoms with Crippen LogP contribution in [0.25, 0.3) is 10.9 Å². The first-order valence-corrected chi connectivity index (χ1v) is 9.06. The van der Waals surface area contributed by atoms with Crippen molar-refractivity contribution >= 4 is 29.1 Å². The maximum atomic E-state index is 12.2. The number of carbonyl (C=O) groups excluding carboxylic acids is 3. The van der Waals surface area contributed by atoms with Gasteiger partial charge in [0.2, 0.25) is 18.2 Å². The number of rotatable bonds is 3. The number of aryl methyl sites for hydroxylation is 1. The van der Waals surface area contributed by atoms with Crippen molar-refractivity contribution in [2.24, 2.45) is 7.05 Å². The molecular weight excluding hydrogens is 332 g/mol. The number of amides is 3. The van der Waals surface area contributed by atoms with Gasteiger partial charge in [0.25, 0.3) is 0 Å². The van der Waals surface area contributed by atoms with E-state index in [1.54, 1.807) is 0 Å². The first-order chi connectivity index (χ1) is 12.6. The second-order valence-corrected chi connectivity index (χ2v) is 7.20. The molecule has 4 rings (SSSR count). The van der Waals surface area contributed by atoms with Crippen LogP contribution in [0.2, 0.25) is 0 Å². The number of nitrogens with zero attached hydrogens (tertiary/aromatic N) is 3. The number of likely N-dealkylation sites (tertiary alicyclic amines) is 1. The number of hydrogen-bond acceptors (Lipinski definition) is 4. The minimum atomic E-state index is -0.377. The molecule has 1 aromatic heterocycles. The van der Waals surface area contributed by atoms with E-state index in [1.165, 1.54) is 5.56 Å². The second-order valence-electron chi connectivity index (χ2n) is 7.20. The van der Waals surface area contributed by atoms with Crippen LogP contribution in [0.1, 0.15) is 48.8 Å². The number of carbonyl (C=O) groups is 3. The predicted molar refractivity (Wildman–Crippen MR) is 95.5 cm³/mol. The lowest BCUT2D eigenvalue weighted by Gasteiger charge is -2.29. The molecule has 2 aliphatic rings. The monoisotopic (exact) mass is 354 g/mol. The van der Waals surface area contributed by atoms with Crippen LogP contribution >= 0.6 is 0 Å². The molecule has 7 heteroatoms. The standard InChI is InChI=1S/C19H22N4O3/c1-22-16-10-13(12-6-8-23(11-24)9-7-12)2-3-14(16)18(21-22)15-4-5-17(25)20-19(15)26/h2-3,10-12,15H,4-9H2,1H3,(H,20,25,26).